The number of ether oxygens (including phenoxy) is 2. The molecule has 7 atom stereocenters. The number of nitrogens with two attached hydrogens (primary N) is 2. The van der Waals surface area contributed by atoms with E-state index in [1.807, 2.05) is 0 Å². The number of nitrogens with one attached hydrogen (secondary N) is 1. The molecule has 0 bridgehead atoms. The molecule has 1 aliphatic heterocycles. The number of primary amides is 1. The number of rotatable bonds is 6. The van der Waals surface area contributed by atoms with Crippen LogP contribution in [0.1, 0.15) is 13.8 Å². The molecule has 8 N–H and O–H groups in total. The summed E-state index contributed by atoms with van der Waals surface area (Å²) in [5.74, 6) is -1.28. The minimum Gasteiger partial charge on any atom is -0.394 e. The van der Waals surface area contributed by atoms with Crippen LogP contribution < -0.4 is 16.8 Å². The van der Waals surface area contributed by atoms with Crippen LogP contribution in [-0.4, -0.2) is 76.5 Å². The summed E-state index contributed by atoms with van der Waals surface area (Å²) in [5.41, 5.74) is 10.6. The van der Waals surface area contributed by atoms with Crippen LogP contribution >= 0.6 is 0 Å². The van der Waals surface area contributed by atoms with Crippen LogP contribution in [0.2, 0.25) is 0 Å². The Morgan fingerprint density at radius 1 is 1.36 bits per heavy atom. The molecule has 0 spiro atoms. The molecule has 1 saturated heterocycles. The van der Waals surface area contributed by atoms with Gasteiger partial charge >= 0.3 is 0 Å². The highest BCUT2D eigenvalue weighted by Gasteiger charge is 2.46. The standard InChI is InChI=1S/C12H23N3O7/c1-4(7(13)11(14)20)21-12-8(15-5(2)17)10(19)9(18)6(3-16)22-12/h4,6-10,12,16,18-19H,3,13H2,1-2H3,(H2,14,20)(H,15,17)/t4?,6?,7?,8?,9-,10+,12-/m0/s1. The highest BCUT2D eigenvalue weighted by molar-refractivity contribution is 5.80. The Labute approximate surface area is 127 Å². The highest BCUT2D eigenvalue weighted by Crippen LogP contribution is 2.23. The largest absolute Gasteiger partial charge is 0.394 e. The van der Waals surface area contributed by atoms with Gasteiger partial charge in [0, 0.05) is 6.92 Å². The number of carbonyl (C=O) groups excluding carboxylic acids is 2. The minimum atomic E-state index is -1.43. The first-order valence-corrected chi connectivity index (χ1v) is 6.79. The van der Waals surface area contributed by atoms with E-state index in [1.165, 1.54) is 13.8 Å². The predicted octanol–water partition coefficient (Wildman–Crippen LogP) is -3.85. The molecule has 1 fully saturated rings. The van der Waals surface area contributed by atoms with Crippen molar-refractivity contribution in [2.75, 3.05) is 6.61 Å². The average Bonchev–Trinajstić information content (AvgIpc) is 2.45. The maximum atomic E-state index is 11.2. The van der Waals surface area contributed by atoms with Crippen LogP contribution in [0.25, 0.3) is 0 Å². The summed E-state index contributed by atoms with van der Waals surface area (Å²) in [5, 5.41) is 31.4. The summed E-state index contributed by atoms with van der Waals surface area (Å²) in [6.45, 7) is 2.11. The number of amides is 2. The molecule has 4 unspecified atom stereocenters. The fourth-order valence-electron chi connectivity index (χ4n) is 2.11. The lowest BCUT2D eigenvalue weighted by Gasteiger charge is -2.43. The molecular weight excluding hydrogens is 298 g/mol. The number of hydrogen-bond acceptors (Lipinski definition) is 8. The van der Waals surface area contributed by atoms with Crippen LogP contribution in [0.15, 0.2) is 0 Å². The third-order valence-corrected chi connectivity index (χ3v) is 3.43. The summed E-state index contributed by atoms with van der Waals surface area (Å²) in [6, 6.07) is -2.23. The number of hydrogen-bond donors (Lipinski definition) is 6. The van der Waals surface area contributed by atoms with E-state index in [0.717, 1.165) is 0 Å². The van der Waals surface area contributed by atoms with E-state index < -0.39 is 61.2 Å². The van der Waals surface area contributed by atoms with Gasteiger partial charge in [-0.05, 0) is 6.92 Å². The Kier molecular flexibility index (Phi) is 6.66. The third kappa shape index (κ3) is 4.35. The van der Waals surface area contributed by atoms with Gasteiger partial charge in [0.1, 0.15) is 30.4 Å². The first-order chi connectivity index (χ1) is 10.2. The first-order valence-electron chi connectivity index (χ1n) is 6.79. The van der Waals surface area contributed by atoms with Crippen molar-refractivity contribution < 1.29 is 34.4 Å². The molecule has 10 nitrogen and oxygen atoms in total. The molecule has 1 rings (SSSR count). The van der Waals surface area contributed by atoms with Crippen molar-refractivity contribution in [3.8, 4) is 0 Å². The Balaban J connectivity index is 2.89. The maximum Gasteiger partial charge on any atom is 0.237 e. The van der Waals surface area contributed by atoms with Crippen molar-refractivity contribution in [1.82, 2.24) is 5.32 Å². The predicted molar refractivity (Wildman–Crippen MR) is 73.1 cm³/mol. The molecule has 1 heterocycles. The van der Waals surface area contributed by atoms with Gasteiger partial charge in [-0.3, -0.25) is 9.59 Å². The monoisotopic (exact) mass is 321 g/mol. The van der Waals surface area contributed by atoms with Gasteiger partial charge in [0.15, 0.2) is 6.29 Å². The van der Waals surface area contributed by atoms with Crippen molar-refractivity contribution in [1.29, 1.82) is 0 Å². The summed E-state index contributed by atoms with van der Waals surface area (Å²) in [4.78, 5) is 22.3. The van der Waals surface area contributed by atoms with Crippen molar-refractivity contribution in [2.24, 2.45) is 11.5 Å². The van der Waals surface area contributed by atoms with E-state index in [2.05, 4.69) is 5.32 Å². The lowest BCUT2D eigenvalue weighted by Crippen LogP contribution is -2.65. The van der Waals surface area contributed by atoms with E-state index >= 15 is 0 Å². The van der Waals surface area contributed by atoms with Gasteiger partial charge in [0.25, 0.3) is 0 Å². The van der Waals surface area contributed by atoms with Crippen LogP contribution in [-0.2, 0) is 19.1 Å². The quantitative estimate of drug-likeness (QED) is 0.288. The number of carbonyl (C=O) groups is 2. The lowest BCUT2D eigenvalue weighted by atomic mass is 9.96. The van der Waals surface area contributed by atoms with Crippen LogP contribution in [0.3, 0.4) is 0 Å². The molecule has 22 heavy (non-hydrogen) atoms. The second kappa shape index (κ2) is 7.81. The highest BCUT2D eigenvalue weighted by atomic mass is 16.7. The second-order valence-electron chi connectivity index (χ2n) is 5.20. The molecule has 0 aliphatic carbocycles. The molecule has 1 aliphatic rings. The zero-order chi connectivity index (χ0) is 17.0. The van der Waals surface area contributed by atoms with Gasteiger partial charge in [0.2, 0.25) is 11.8 Å². The lowest BCUT2D eigenvalue weighted by molar-refractivity contribution is -0.281. The normalized spacial score (nSPS) is 34.7. The molecule has 128 valence electrons. The van der Waals surface area contributed by atoms with Gasteiger partial charge < -0.3 is 41.6 Å². The van der Waals surface area contributed by atoms with E-state index in [1.54, 1.807) is 0 Å². The summed E-state index contributed by atoms with van der Waals surface area (Å²) >= 11 is 0. The second-order valence-corrected chi connectivity index (χ2v) is 5.20. The summed E-state index contributed by atoms with van der Waals surface area (Å²) in [7, 11) is 0. The third-order valence-electron chi connectivity index (χ3n) is 3.43. The van der Waals surface area contributed by atoms with E-state index in [9.17, 15) is 19.8 Å². The summed E-state index contributed by atoms with van der Waals surface area (Å²) < 4.78 is 10.8. The fraction of sp³-hybridized carbons (Fsp3) is 0.833. The van der Waals surface area contributed by atoms with Crippen molar-refractivity contribution in [2.45, 2.75) is 56.6 Å². The van der Waals surface area contributed by atoms with E-state index in [4.69, 9.17) is 26.0 Å². The minimum absolute atomic E-state index is 0.484. The topological polar surface area (TPSA) is 177 Å². The van der Waals surface area contributed by atoms with Crippen LogP contribution in [0, 0.1) is 0 Å². The Morgan fingerprint density at radius 3 is 2.41 bits per heavy atom. The molecule has 0 radical (unpaired) electrons. The summed E-state index contributed by atoms with van der Waals surface area (Å²) in [6.07, 6.45) is -6.05. The Morgan fingerprint density at radius 2 is 1.95 bits per heavy atom. The van der Waals surface area contributed by atoms with Gasteiger partial charge in [0.05, 0.1) is 12.7 Å². The molecule has 10 heteroatoms. The molecule has 0 aromatic rings. The molecule has 0 saturated carbocycles. The van der Waals surface area contributed by atoms with Crippen molar-refractivity contribution >= 4 is 11.8 Å². The van der Waals surface area contributed by atoms with Gasteiger partial charge in [-0.25, -0.2) is 0 Å². The molecule has 0 aromatic heterocycles. The van der Waals surface area contributed by atoms with Crippen LogP contribution in [0.5, 0.6) is 0 Å². The number of aliphatic hydroxyl groups is 3. The molecular formula is C12H23N3O7. The zero-order valence-electron chi connectivity index (χ0n) is 12.4. The first kappa shape index (κ1) is 18.7. The van der Waals surface area contributed by atoms with E-state index in [0.29, 0.717) is 0 Å². The average molecular weight is 321 g/mol. The van der Waals surface area contributed by atoms with Gasteiger partial charge in [-0.15, -0.1) is 0 Å². The van der Waals surface area contributed by atoms with Crippen LogP contribution in [0.4, 0.5) is 0 Å². The van der Waals surface area contributed by atoms with Gasteiger partial charge in [-0.2, -0.15) is 0 Å². The molecule has 0 aromatic carbocycles. The molecule has 2 amide bonds. The SMILES string of the molecule is CC(=O)NC1[C@@H](OC(C)C(N)C(N)=O)OC(CO)[C@H](O)[C@@H]1O. The zero-order valence-corrected chi connectivity index (χ0v) is 12.4. The Hall–Kier alpha value is -1.30. The Bertz CT molecular complexity index is 408. The van der Waals surface area contributed by atoms with Crippen molar-refractivity contribution in [3.05, 3.63) is 0 Å². The smallest absolute Gasteiger partial charge is 0.237 e. The van der Waals surface area contributed by atoms with Crippen molar-refractivity contribution in [3.63, 3.8) is 0 Å². The van der Waals surface area contributed by atoms with Gasteiger partial charge in [-0.1, -0.05) is 0 Å². The maximum absolute atomic E-state index is 11.2. The number of aliphatic hydroxyl groups excluding tert-OH is 3. The van der Waals surface area contributed by atoms with E-state index in [-0.39, 0.29) is 0 Å². The fourth-order valence-corrected chi connectivity index (χ4v) is 2.11.